The molecule has 1 rings (SSSR count). The van der Waals surface area contributed by atoms with Gasteiger partial charge in [0.05, 0.1) is 19.8 Å². The first-order valence-electron chi connectivity index (χ1n) is 4.88. The van der Waals surface area contributed by atoms with Crippen LogP contribution in [0.4, 0.5) is 14.7 Å². The lowest BCUT2D eigenvalue weighted by Gasteiger charge is -2.11. The Hall–Kier alpha value is -1.66. The predicted octanol–water partition coefficient (Wildman–Crippen LogP) is 0.884. The van der Waals surface area contributed by atoms with Crippen LogP contribution in [0, 0.1) is 0 Å². The third-order valence-corrected chi connectivity index (χ3v) is 1.50. The van der Waals surface area contributed by atoms with E-state index in [1.165, 1.54) is 0 Å². The summed E-state index contributed by atoms with van der Waals surface area (Å²) in [5, 5.41) is 0. The molecule has 2 N–H and O–H groups in total. The van der Waals surface area contributed by atoms with Crippen LogP contribution in [0.2, 0.25) is 0 Å². The minimum Gasteiger partial charge on any atom is -0.481 e. The summed E-state index contributed by atoms with van der Waals surface area (Å²) in [6.07, 6.45) is -6.28. The fourth-order valence-electron chi connectivity index (χ4n) is 0.964. The monoisotopic (exact) mass is 221 g/mol. The Morgan fingerprint density at radius 2 is 1.80 bits per heavy atom. The van der Waals surface area contributed by atoms with Gasteiger partial charge in [-0.25, -0.2) is 8.78 Å². The summed E-state index contributed by atoms with van der Waals surface area (Å²) < 4.78 is 49.4. The second kappa shape index (κ2) is 4.72. The smallest absolute Gasteiger partial charge is 0.243 e. The van der Waals surface area contributed by atoms with Crippen molar-refractivity contribution in [3.63, 3.8) is 0 Å². The highest BCUT2D eigenvalue weighted by Crippen LogP contribution is 2.27. The van der Waals surface area contributed by atoms with Gasteiger partial charge in [-0.1, -0.05) is 0 Å². The summed E-state index contributed by atoms with van der Waals surface area (Å²) in [5.74, 6) is -1.01. The van der Waals surface area contributed by atoms with Crippen LogP contribution in [0.5, 0.6) is 11.8 Å². The van der Waals surface area contributed by atoms with Crippen LogP contribution in [-0.2, 0) is 6.37 Å². The van der Waals surface area contributed by atoms with Crippen molar-refractivity contribution in [1.29, 1.82) is 0 Å². The average molecular weight is 221 g/mol. The molecule has 5 nitrogen and oxygen atoms in total. The lowest BCUT2D eigenvalue weighted by atomic mass is 10.2. The van der Waals surface area contributed by atoms with E-state index >= 15 is 0 Å². The third-order valence-electron chi connectivity index (χ3n) is 1.50. The van der Waals surface area contributed by atoms with E-state index in [4.69, 9.17) is 17.9 Å². The van der Waals surface area contributed by atoms with Gasteiger partial charge in [0.1, 0.15) is 0 Å². The Bertz CT molecular complexity index is 393. The molecule has 0 saturated heterocycles. The Kier molecular flexibility index (Phi) is 2.72. The Morgan fingerprint density at radius 3 is 2.13 bits per heavy atom. The largest absolute Gasteiger partial charge is 0.481 e. The summed E-state index contributed by atoms with van der Waals surface area (Å²) in [4.78, 5) is 7.08. The van der Waals surface area contributed by atoms with E-state index in [9.17, 15) is 8.78 Å². The molecule has 0 atom stereocenters. The SMILES string of the molecule is [2H]C([2H])(c1c(OC)nc(N)nc1OC)C(F)F. The molecule has 1 aromatic rings. The molecule has 1 aromatic heterocycles. The lowest BCUT2D eigenvalue weighted by molar-refractivity contribution is 0.146. The zero-order chi connectivity index (χ0) is 13.2. The molecule has 0 bridgehead atoms. The molecule has 1 heterocycles. The van der Waals surface area contributed by atoms with E-state index in [2.05, 4.69) is 9.97 Å². The number of aromatic nitrogens is 2. The predicted molar refractivity (Wildman–Crippen MR) is 49.3 cm³/mol. The van der Waals surface area contributed by atoms with E-state index < -0.39 is 18.4 Å². The van der Waals surface area contributed by atoms with E-state index in [1.807, 2.05) is 0 Å². The van der Waals surface area contributed by atoms with Gasteiger partial charge in [0.15, 0.2) is 0 Å². The first kappa shape index (κ1) is 8.63. The number of hydrogen-bond acceptors (Lipinski definition) is 5. The van der Waals surface area contributed by atoms with E-state index in [1.54, 1.807) is 0 Å². The van der Waals surface area contributed by atoms with Crippen molar-refractivity contribution in [3.8, 4) is 11.8 Å². The minimum atomic E-state index is -3.28. The second-order valence-corrected chi connectivity index (χ2v) is 2.42. The van der Waals surface area contributed by atoms with Crippen LogP contribution in [0.15, 0.2) is 0 Å². The molecule has 0 amide bonds. The van der Waals surface area contributed by atoms with Crippen molar-refractivity contribution >= 4 is 5.95 Å². The number of anilines is 1. The van der Waals surface area contributed by atoms with Gasteiger partial charge in [0.2, 0.25) is 24.1 Å². The molecule has 0 fully saturated rings. The van der Waals surface area contributed by atoms with Crippen molar-refractivity contribution in [2.45, 2.75) is 12.8 Å². The Balaban J connectivity index is 3.49. The first-order chi connectivity index (χ1) is 7.84. The number of nitrogens with two attached hydrogens (primary N) is 1. The Morgan fingerprint density at radius 1 is 1.33 bits per heavy atom. The van der Waals surface area contributed by atoms with E-state index in [-0.39, 0.29) is 17.7 Å². The molecule has 0 aliphatic carbocycles. The van der Waals surface area contributed by atoms with Crippen molar-refractivity contribution in [1.82, 2.24) is 9.97 Å². The number of nitrogen functional groups attached to an aromatic ring is 1. The quantitative estimate of drug-likeness (QED) is 0.817. The number of alkyl halides is 2. The average Bonchev–Trinajstić information content (AvgIpc) is 2.26. The van der Waals surface area contributed by atoms with Crippen molar-refractivity contribution < 1.29 is 21.0 Å². The second-order valence-electron chi connectivity index (χ2n) is 2.42. The van der Waals surface area contributed by atoms with Crippen LogP contribution in [-0.4, -0.2) is 30.6 Å². The van der Waals surface area contributed by atoms with Crippen LogP contribution >= 0.6 is 0 Å². The third kappa shape index (κ3) is 2.64. The topological polar surface area (TPSA) is 70.3 Å². The van der Waals surface area contributed by atoms with Crippen LogP contribution in [0.3, 0.4) is 0 Å². The lowest BCUT2D eigenvalue weighted by Crippen LogP contribution is -2.08. The van der Waals surface area contributed by atoms with Gasteiger partial charge >= 0.3 is 0 Å². The van der Waals surface area contributed by atoms with Gasteiger partial charge < -0.3 is 15.2 Å². The summed E-state index contributed by atoms with van der Waals surface area (Å²) >= 11 is 0. The van der Waals surface area contributed by atoms with Gasteiger partial charge in [-0.15, -0.1) is 0 Å². The highest BCUT2D eigenvalue weighted by Gasteiger charge is 2.18. The summed E-state index contributed by atoms with van der Waals surface area (Å²) in [6, 6.07) is 0. The maximum Gasteiger partial charge on any atom is 0.243 e. The van der Waals surface area contributed by atoms with Gasteiger partial charge in [0.25, 0.3) is 0 Å². The standard InChI is InChI=1S/C8H11F2N3O2/c1-14-6-4(3-5(9)10)7(15-2)13-8(11)12-6/h5H,3H2,1-2H3,(H2,11,12,13)/i3D2. The molecule has 0 aliphatic rings. The minimum absolute atomic E-state index is 0.257. The Labute approximate surface area is 88.0 Å². The maximum absolute atomic E-state index is 12.7. The highest BCUT2D eigenvalue weighted by atomic mass is 19.3. The van der Waals surface area contributed by atoms with Crippen molar-refractivity contribution in [2.24, 2.45) is 0 Å². The molecule has 0 unspecified atom stereocenters. The first-order valence-corrected chi connectivity index (χ1v) is 3.88. The van der Waals surface area contributed by atoms with Crippen LogP contribution < -0.4 is 15.2 Å². The van der Waals surface area contributed by atoms with Gasteiger partial charge in [-0.2, -0.15) is 9.97 Å². The normalized spacial score (nSPS) is 13.4. The van der Waals surface area contributed by atoms with Gasteiger partial charge in [0, 0.05) is 9.11 Å². The van der Waals surface area contributed by atoms with Crippen LogP contribution in [0.25, 0.3) is 0 Å². The summed E-state index contributed by atoms with van der Waals surface area (Å²) in [5.41, 5.74) is 4.74. The maximum atomic E-state index is 12.7. The molecular weight excluding hydrogens is 208 g/mol. The van der Waals surface area contributed by atoms with Crippen molar-refractivity contribution in [3.05, 3.63) is 5.56 Å². The number of hydrogen-bond donors (Lipinski definition) is 1. The molecule has 0 aromatic carbocycles. The number of halogens is 2. The van der Waals surface area contributed by atoms with E-state index in [0.29, 0.717) is 0 Å². The molecule has 15 heavy (non-hydrogen) atoms. The van der Waals surface area contributed by atoms with Crippen LogP contribution in [0.1, 0.15) is 8.30 Å². The summed E-state index contributed by atoms with van der Waals surface area (Å²) in [6.45, 7) is 0. The number of nitrogens with zero attached hydrogens (tertiary/aromatic N) is 2. The molecular formula is C8H11F2N3O2. The molecule has 7 heteroatoms. The van der Waals surface area contributed by atoms with Crippen molar-refractivity contribution in [2.75, 3.05) is 20.0 Å². The van der Waals surface area contributed by atoms with Gasteiger partial charge in [-0.05, 0) is 0 Å². The number of rotatable bonds is 4. The summed E-state index contributed by atoms with van der Waals surface area (Å²) in [7, 11) is 2.32. The molecule has 0 radical (unpaired) electrons. The number of ether oxygens (including phenoxy) is 2. The fourth-order valence-corrected chi connectivity index (χ4v) is 0.964. The van der Waals surface area contributed by atoms with E-state index in [0.717, 1.165) is 14.2 Å². The zero-order valence-electron chi connectivity index (χ0n) is 10.1. The molecule has 0 saturated carbocycles. The van der Waals surface area contributed by atoms with Gasteiger partial charge in [-0.3, -0.25) is 0 Å². The number of methoxy groups -OCH3 is 2. The molecule has 0 aliphatic heterocycles. The fraction of sp³-hybridized carbons (Fsp3) is 0.500. The molecule has 84 valence electrons. The highest BCUT2D eigenvalue weighted by molar-refractivity contribution is 5.40. The molecule has 0 spiro atoms. The zero-order valence-corrected chi connectivity index (χ0v) is 8.12.